The van der Waals surface area contributed by atoms with Crippen LogP contribution in [0.25, 0.3) is 0 Å². The first-order valence-electron chi connectivity index (χ1n) is 7.81. The quantitative estimate of drug-likeness (QED) is 0.658. The fourth-order valence-corrected chi connectivity index (χ4v) is 3.40. The Morgan fingerprint density at radius 3 is 2.74 bits per heavy atom. The molecule has 1 saturated heterocycles. The van der Waals surface area contributed by atoms with Crippen molar-refractivity contribution in [3.8, 4) is 0 Å². The molecule has 0 aromatic carbocycles. The maximum absolute atomic E-state index is 9.93. The van der Waals surface area contributed by atoms with Gasteiger partial charge in [-0.2, -0.15) is 0 Å². The number of hydrogen-bond donors (Lipinski definition) is 2. The smallest absolute Gasteiger partial charge is 0.0628 e. The Hall–Kier alpha value is -0.160. The molecule has 4 nitrogen and oxygen atoms in total. The van der Waals surface area contributed by atoms with Gasteiger partial charge in [0.05, 0.1) is 18.8 Å². The molecule has 1 aliphatic heterocycles. The summed E-state index contributed by atoms with van der Waals surface area (Å²) in [5.41, 5.74) is -0.0576. The number of nitrogens with zero attached hydrogens (tertiary/aromatic N) is 1. The molecule has 0 amide bonds. The van der Waals surface area contributed by atoms with Crippen LogP contribution < -0.4 is 5.32 Å². The van der Waals surface area contributed by atoms with E-state index in [0.717, 1.165) is 39.2 Å². The summed E-state index contributed by atoms with van der Waals surface area (Å²) in [7, 11) is 1.79. The van der Waals surface area contributed by atoms with Crippen molar-refractivity contribution in [1.82, 2.24) is 10.2 Å². The Morgan fingerprint density at radius 2 is 2.16 bits per heavy atom. The number of rotatable bonds is 9. The molecule has 0 bridgehead atoms. The van der Waals surface area contributed by atoms with Crippen LogP contribution in [0, 0.1) is 11.8 Å². The van der Waals surface area contributed by atoms with Gasteiger partial charge < -0.3 is 20.1 Å². The van der Waals surface area contributed by atoms with E-state index in [4.69, 9.17) is 4.74 Å². The third kappa shape index (κ3) is 3.91. The first-order chi connectivity index (χ1) is 9.24. The number of nitrogens with one attached hydrogen (secondary N) is 1. The third-order valence-corrected chi connectivity index (χ3v) is 4.65. The van der Waals surface area contributed by atoms with Crippen LogP contribution in [0.15, 0.2) is 0 Å². The predicted octanol–water partition coefficient (Wildman–Crippen LogP) is 1.10. The SMILES string of the molecule is CCCNC(CO)(CN1CCC(COC)C1)C1CC1. The van der Waals surface area contributed by atoms with E-state index in [1.54, 1.807) is 7.11 Å². The third-order valence-electron chi connectivity index (χ3n) is 4.65. The van der Waals surface area contributed by atoms with Crippen LogP contribution >= 0.6 is 0 Å². The van der Waals surface area contributed by atoms with Gasteiger partial charge in [-0.15, -0.1) is 0 Å². The normalized spacial score (nSPS) is 27.6. The van der Waals surface area contributed by atoms with Crippen LogP contribution in [-0.4, -0.2) is 62.0 Å². The number of likely N-dealkylation sites (tertiary alicyclic amines) is 1. The fraction of sp³-hybridized carbons (Fsp3) is 1.00. The van der Waals surface area contributed by atoms with Crippen molar-refractivity contribution in [2.45, 2.75) is 38.1 Å². The van der Waals surface area contributed by atoms with Crippen LogP contribution in [0.5, 0.6) is 0 Å². The molecule has 4 heteroatoms. The number of hydrogen-bond acceptors (Lipinski definition) is 4. The lowest BCUT2D eigenvalue weighted by molar-refractivity contribution is 0.0945. The average Bonchev–Trinajstić information content (AvgIpc) is 3.18. The Labute approximate surface area is 117 Å². The number of ether oxygens (including phenoxy) is 1. The molecule has 2 unspecified atom stereocenters. The van der Waals surface area contributed by atoms with Crippen molar-refractivity contribution >= 4 is 0 Å². The van der Waals surface area contributed by atoms with E-state index in [1.807, 2.05) is 0 Å². The summed E-state index contributed by atoms with van der Waals surface area (Å²) < 4.78 is 5.26. The predicted molar refractivity (Wildman–Crippen MR) is 77.3 cm³/mol. The maximum atomic E-state index is 9.93. The molecule has 2 aliphatic rings. The maximum Gasteiger partial charge on any atom is 0.0628 e. The average molecular weight is 270 g/mol. The van der Waals surface area contributed by atoms with E-state index >= 15 is 0 Å². The van der Waals surface area contributed by atoms with Crippen molar-refractivity contribution < 1.29 is 9.84 Å². The zero-order valence-corrected chi connectivity index (χ0v) is 12.5. The minimum absolute atomic E-state index is 0.0576. The lowest BCUT2D eigenvalue weighted by Crippen LogP contribution is -2.58. The van der Waals surface area contributed by atoms with Gasteiger partial charge in [-0.3, -0.25) is 0 Å². The monoisotopic (exact) mass is 270 g/mol. The first-order valence-corrected chi connectivity index (χ1v) is 7.81. The molecule has 1 heterocycles. The highest BCUT2D eigenvalue weighted by Crippen LogP contribution is 2.40. The van der Waals surface area contributed by atoms with Crippen molar-refractivity contribution in [2.75, 3.05) is 46.5 Å². The van der Waals surface area contributed by atoms with E-state index in [2.05, 4.69) is 17.1 Å². The summed E-state index contributed by atoms with van der Waals surface area (Å²) in [6, 6.07) is 0. The molecule has 0 aromatic rings. The number of aliphatic hydroxyl groups is 1. The standard InChI is InChI=1S/C15H30N2O2/c1-3-7-16-15(12-18,14-4-5-14)11-17-8-6-13(9-17)10-19-2/h13-14,16,18H,3-12H2,1-2H3. The Morgan fingerprint density at radius 1 is 1.37 bits per heavy atom. The molecule has 2 rings (SSSR count). The lowest BCUT2D eigenvalue weighted by Gasteiger charge is -2.37. The van der Waals surface area contributed by atoms with Gasteiger partial charge in [-0.1, -0.05) is 6.92 Å². The highest BCUT2D eigenvalue weighted by Gasteiger charge is 2.46. The Kier molecular flexibility index (Phi) is 5.63. The van der Waals surface area contributed by atoms with Crippen molar-refractivity contribution in [2.24, 2.45) is 11.8 Å². The zero-order chi connectivity index (χ0) is 13.7. The van der Waals surface area contributed by atoms with Crippen molar-refractivity contribution in [3.05, 3.63) is 0 Å². The van der Waals surface area contributed by atoms with E-state index < -0.39 is 0 Å². The molecule has 0 spiro atoms. The number of methoxy groups -OCH3 is 1. The second-order valence-electron chi connectivity index (χ2n) is 6.36. The van der Waals surface area contributed by atoms with Gasteiger partial charge in [0.15, 0.2) is 0 Å². The minimum Gasteiger partial charge on any atom is -0.394 e. The molecule has 2 fully saturated rings. The van der Waals surface area contributed by atoms with Gasteiger partial charge in [0.25, 0.3) is 0 Å². The summed E-state index contributed by atoms with van der Waals surface area (Å²) in [6.07, 6.45) is 4.90. The van der Waals surface area contributed by atoms with Crippen LogP contribution in [-0.2, 0) is 4.74 Å². The van der Waals surface area contributed by atoms with Crippen LogP contribution in [0.2, 0.25) is 0 Å². The fourth-order valence-electron chi connectivity index (χ4n) is 3.40. The molecule has 1 saturated carbocycles. The molecule has 19 heavy (non-hydrogen) atoms. The number of aliphatic hydroxyl groups excluding tert-OH is 1. The molecule has 1 aliphatic carbocycles. The van der Waals surface area contributed by atoms with Crippen LogP contribution in [0.4, 0.5) is 0 Å². The summed E-state index contributed by atoms with van der Waals surface area (Å²) in [6.45, 7) is 7.59. The van der Waals surface area contributed by atoms with Crippen molar-refractivity contribution in [1.29, 1.82) is 0 Å². The molecular weight excluding hydrogens is 240 g/mol. The first kappa shape index (κ1) is 15.2. The summed E-state index contributed by atoms with van der Waals surface area (Å²) in [5.74, 6) is 1.34. The van der Waals surface area contributed by atoms with E-state index in [9.17, 15) is 5.11 Å². The zero-order valence-electron chi connectivity index (χ0n) is 12.5. The summed E-state index contributed by atoms with van der Waals surface area (Å²) in [4.78, 5) is 2.51. The molecule has 0 aromatic heterocycles. The molecule has 112 valence electrons. The highest BCUT2D eigenvalue weighted by molar-refractivity contribution is 5.03. The molecule has 0 radical (unpaired) electrons. The highest BCUT2D eigenvalue weighted by atomic mass is 16.5. The largest absolute Gasteiger partial charge is 0.394 e. The second kappa shape index (κ2) is 7.02. The topological polar surface area (TPSA) is 44.7 Å². The van der Waals surface area contributed by atoms with E-state index in [1.165, 1.54) is 19.3 Å². The molecular formula is C15H30N2O2. The van der Waals surface area contributed by atoms with Crippen molar-refractivity contribution in [3.63, 3.8) is 0 Å². The molecule has 2 N–H and O–H groups in total. The van der Waals surface area contributed by atoms with E-state index in [0.29, 0.717) is 11.8 Å². The summed E-state index contributed by atoms with van der Waals surface area (Å²) in [5, 5.41) is 13.6. The Bertz CT molecular complexity index is 271. The van der Waals surface area contributed by atoms with Gasteiger partial charge in [0, 0.05) is 20.2 Å². The van der Waals surface area contributed by atoms with Gasteiger partial charge >= 0.3 is 0 Å². The Balaban J connectivity index is 1.89. The van der Waals surface area contributed by atoms with Gasteiger partial charge in [-0.05, 0) is 50.6 Å². The van der Waals surface area contributed by atoms with Crippen LogP contribution in [0.1, 0.15) is 32.6 Å². The van der Waals surface area contributed by atoms with Crippen LogP contribution in [0.3, 0.4) is 0 Å². The van der Waals surface area contributed by atoms with E-state index in [-0.39, 0.29) is 12.1 Å². The second-order valence-corrected chi connectivity index (χ2v) is 6.36. The lowest BCUT2D eigenvalue weighted by atomic mass is 9.93. The summed E-state index contributed by atoms with van der Waals surface area (Å²) >= 11 is 0. The van der Waals surface area contributed by atoms with Gasteiger partial charge in [0.1, 0.15) is 0 Å². The van der Waals surface area contributed by atoms with Gasteiger partial charge in [0.2, 0.25) is 0 Å². The molecule has 2 atom stereocenters. The minimum atomic E-state index is -0.0576. The van der Waals surface area contributed by atoms with Gasteiger partial charge in [-0.25, -0.2) is 0 Å².